The maximum atomic E-state index is 11.8. The zero-order valence-electron chi connectivity index (χ0n) is 10.6. The summed E-state index contributed by atoms with van der Waals surface area (Å²) in [5.74, 6) is -2.56. The number of phenols is 3. The zero-order valence-corrected chi connectivity index (χ0v) is 11.4. The molecule has 0 fully saturated rings. The summed E-state index contributed by atoms with van der Waals surface area (Å²) in [6, 6.07) is 8.95. The molecule has 0 bridgehead atoms. The van der Waals surface area contributed by atoms with Crippen LogP contribution in [0.4, 0.5) is 0 Å². The number of nitrogens with one attached hydrogen (secondary N) is 1. The van der Waals surface area contributed by atoms with Crippen molar-refractivity contribution in [3.8, 4) is 17.2 Å². The van der Waals surface area contributed by atoms with E-state index in [4.69, 9.17) is 11.6 Å². The van der Waals surface area contributed by atoms with E-state index in [1.165, 1.54) is 6.21 Å². The fourth-order valence-electron chi connectivity index (χ4n) is 1.54. The Hall–Kier alpha value is -2.73. The van der Waals surface area contributed by atoms with Crippen LogP contribution < -0.4 is 5.43 Å². The van der Waals surface area contributed by atoms with Crippen molar-refractivity contribution in [3.63, 3.8) is 0 Å². The lowest BCUT2D eigenvalue weighted by Gasteiger charge is -2.04. The van der Waals surface area contributed by atoms with Gasteiger partial charge in [-0.15, -0.1) is 0 Å². The van der Waals surface area contributed by atoms with E-state index in [1.54, 1.807) is 24.3 Å². The van der Waals surface area contributed by atoms with Crippen molar-refractivity contribution < 1.29 is 20.1 Å². The second-order valence-electron chi connectivity index (χ2n) is 4.08. The van der Waals surface area contributed by atoms with Gasteiger partial charge < -0.3 is 15.3 Å². The number of aromatic hydroxyl groups is 3. The van der Waals surface area contributed by atoms with Crippen LogP contribution in [-0.2, 0) is 0 Å². The summed E-state index contributed by atoms with van der Waals surface area (Å²) >= 11 is 5.92. The van der Waals surface area contributed by atoms with Gasteiger partial charge in [0.15, 0.2) is 17.2 Å². The van der Waals surface area contributed by atoms with E-state index in [0.717, 1.165) is 12.1 Å². The lowest BCUT2D eigenvalue weighted by Crippen LogP contribution is -2.17. The highest BCUT2D eigenvalue weighted by molar-refractivity contribution is 6.33. The molecule has 0 saturated carbocycles. The molecule has 0 saturated heterocycles. The molecule has 0 aliphatic carbocycles. The molecule has 4 N–H and O–H groups in total. The van der Waals surface area contributed by atoms with Crippen molar-refractivity contribution in [2.75, 3.05) is 0 Å². The number of phenolic OH excluding ortho intramolecular Hbond substituents is 3. The van der Waals surface area contributed by atoms with Gasteiger partial charge in [0.2, 0.25) is 0 Å². The summed E-state index contributed by atoms with van der Waals surface area (Å²) in [6.07, 6.45) is 1.36. The molecule has 0 radical (unpaired) electrons. The second-order valence-corrected chi connectivity index (χ2v) is 4.49. The molecule has 1 amide bonds. The van der Waals surface area contributed by atoms with Crippen molar-refractivity contribution in [1.29, 1.82) is 0 Å². The Morgan fingerprint density at radius 1 is 1.14 bits per heavy atom. The highest BCUT2D eigenvalue weighted by atomic mass is 35.5. The van der Waals surface area contributed by atoms with Crippen LogP contribution in [0, 0.1) is 0 Å². The molecule has 0 heterocycles. The zero-order chi connectivity index (χ0) is 15.4. The van der Waals surface area contributed by atoms with Crippen molar-refractivity contribution in [2.45, 2.75) is 0 Å². The molecule has 0 aliphatic heterocycles. The number of hydrogen-bond acceptors (Lipinski definition) is 5. The predicted octanol–water partition coefficient (Wildman–Crippen LogP) is 2.22. The number of hydrogen-bond donors (Lipinski definition) is 4. The first-order valence-electron chi connectivity index (χ1n) is 5.82. The van der Waals surface area contributed by atoms with Crippen molar-refractivity contribution in [3.05, 3.63) is 52.5 Å². The topological polar surface area (TPSA) is 102 Å². The smallest absolute Gasteiger partial charge is 0.271 e. The molecule has 2 aromatic rings. The van der Waals surface area contributed by atoms with E-state index in [0.29, 0.717) is 10.6 Å². The number of hydrazone groups is 1. The number of halogens is 1. The standard InChI is InChI=1S/C14H11ClN2O4/c15-10-4-2-1-3-8(10)7-16-17-14(21)9-5-11(18)13(20)12(19)6-9/h1-7,18-20H,(H,17,21)/b16-7+. The lowest BCUT2D eigenvalue weighted by atomic mass is 10.2. The maximum Gasteiger partial charge on any atom is 0.271 e. The Morgan fingerprint density at radius 2 is 1.76 bits per heavy atom. The van der Waals surface area contributed by atoms with Gasteiger partial charge in [0.05, 0.1) is 6.21 Å². The van der Waals surface area contributed by atoms with Crippen LogP contribution in [0.3, 0.4) is 0 Å². The van der Waals surface area contributed by atoms with Crippen LogP contribution in [0.15, 0.2) is 41.5 Å². The summed E-state index contributed by atoms with van der Waals surface area (Å²) < 4.78 is 0. The second kappa shape index (κ2) is 6.15. The minimum atomic E-state index is -0.689. The summed E-state index contributed by atoms with van der Waals surface area (Å²) in [5.41, 5.74) is 2.78. The van der Waals surface area contributed by atoms with Crippen LogP contribution in [0.5, 0.6) is 17.2 Å². The Bertz CT molecular complexity index is 693. The molecule has 7 heteroatoms. The molecule has 2 aromatic carbocycles. The molecule has 6 nitrogen and oxygen atoms in total. The SMILES string of the molecule is O=C(N/N=C/c1ccccc1Cl)c1cc(O)c(O)c(O)c1. The van der Waals surface area contributed by atoms with E-state index in [2.05, 4.69) is 10.5 Å². The Labute approximate surface area is 124 Å². The predicted molar refractivity (Wildman–Crippen MR) is 77.9 cm³/mol. The first-order chi connectivity index (χ1) is 9.99. The summed E-state index contributed by atoms with van der Waals surface area (Å²) in [6.45, 7) is 0. The fraction of sp³-hybridized carbons (Fsp3) is 0. The lowest BCUT2D eigenvalue weighted by molar-refractivity contribution is 0.0954. The van der Waals surface area contributed by atoms with Gasteiger partial charge in [-0.25, -0.2) is 5.43 Å². The Morgan fingerprint density at radius 3 is 2.38 bits per heavy atom. The molecular weight excluding hydrogens is 296 g/mol. The van der Waals surface area contributed by atoms with Crippen LogP contribution >= 0.6 is 11.6 Å². The molecule has 0 aromatic heterocycles. The number of rotatable bonds is 3. The number of nitrogens with zero attached hydrogens (tertiary/aromatic N) is 1. The van der Waals surface area contributed by atoms with Crippen molar-refractivity contribution in [1.82, 2.24) is 5.43 Å². The van der Waals surface area contributed by atoms with Gasteiger partial charge in [0.25, 0.3) is 5.91 Å². The number of benzene rings is 2. The van der Waals surface area contributed by atoms with Crippen LogP contribution in [0.1, 0.15) is 15.9 Å². The Balaban J connectivity index is 2.11. The first kappa shape index (κ1) is 14.7. The summed E-state index contributed by atoms with van der Waals surface area (Å²) in [4.78, 5) is 11.8. The van der Waals surface area contributed by atoms with Crippen molar-refractivity contribution >= 4 is 23.7 Å². The molecule has 0 spiro atoms. The normalized spacial score (nSPS) is 10.7. The maximum absolute atomic E-state index is 11.8. The van der Waals surface area contributed by atoms with Crippen LogP contribution in [0.25, 0.3) is 0 Å². The van der Waals surface area contributed by atoms with Gasteiger partial charge in [0.1, 0.15) is 0 Å². The first-order valence-corrected chi connectivity index (χ1v) is 6.19. The molecule has 0 unspecified atom stereocenters. The fourth-order valence-corrected chi connectivity index (χ4v) is 1.72. The largest absolute Gasteiger partial charge is 0.504 e. The van der Waals surface area contributed by atoms with Gasteiger partial charge in [0, 0.05) is 16.1 Å². The van der Waals surface area contributed by atoms with Crippen molar-refractivity contribution in [2.24, 2.45) is 5.10 Å². The average molecular weight is 307 g/mol. The van der Waals surface area contributed by atoms with Gasteiger partial charge >= 0.3 is 0 Å². The van der Waals surface area contributed by atoms with E-state index >= 15 is 0 Å². The highest BCUT2D eigenvalue weighted by Gasteiger charge is 2.12. The summed E-state index contributed by atoms with van der Waals surface area (Å²) in [5, 5.41) is 32.0. The highest BCUT2D eigenvalue weighted by Crippen LogP contribution is 2.35. The molecular formula is C14H11ClN2O4. The molecule has 108 valence electrons. The average Bonchev–Trinajstić information content (AvgIpc) is 2.46. The van der Waals surface area contributed by atoms with Crippen LogP contribution in [-0.4, -0.2) is 27.4 Å². The van der Waals surface area contributed by atoms with Gasteiger partial charge in [-0.05, 0) is 18.2 Å². The molecule has 2 rings (SSSR count). The quantitative estimate of drug-likeness (QED) is 0.396. The molecule has 0 atom stereocenters. The Kier molecular flexibility index (Phi) is 4.30. The van der Waals surface area contributed by atoms with Crippen LogP contribution in [0.2, 0.25) is 5.02 Å². The van der Waals surface area contributed by atoms with E-state index in [9.17, 15) is 20.1 Å². The van der Waals surface area contributed by atoms with E-state index in [1.807, 2.05) is 0 Å². The number of amides is 1. The molecule has 0 aliphatic rings. The minimum Gasteiger partial charge on any atom is -0.504 e. The molecule has 21 heavy (non-hydrogen) atoms. The van der Waals surface area contributed by atoms with Gasteiger partial charge in [-0.3, -0.25) is 4.79 Å². The van der Waals surface area contributed by atoms with Gasteiger partial charge in [-0.2, -0.15) is 5.10 Å². The third-order valence-electron chi connectivity index (χ3n) is 2.61. The van der Waals surface area contributed by atoms with E-state index in [-0.39, 0.29) is 5.56 Å². The summed E-state index contributed by atoms with van der Waals surface area (Å²) in [7, 11) is 0. The number of carbonyl (C=O) groups is 1. The minimum absolute atomic E-state index is 0.0564. The third-order valence-corrected chi connectivity index (χ3v) is 2.95. The van der Waals surface area contributed by atoms with Gasteiger partial charge in [-0.1, -0.05) is 29.8 Å². The third kappa shape index (κ3) is 3.43. The number of carbonyl (C=O) groups excluding carboxylic acids is 1. The van der Waals surface area contributed by atoms with E-state index < -0.39 is 23.2 Å². The monoisotopic (exact) mass is 306 g/mol.